The second-order valence-electron chi connectivity index (χ2n) is 5.06. The smallest absolute Gasteiger partial charge is 0.244 e. The molecule has 1 atom stereocenters. The Balaban J connectivity index is 2.84. The summed E-state index contributed by atoms with van der Waals surface area (Å²) in [5.74, 6) is 0.727. The largest absolute Gasteiger partial charge is 0.495 e. The van der Waals surface area contributed by atoms with E-state index in [1.165, 1.54) is 7.11 Å². The zero-order valence-electron chi connectivity index (χ0n) is 12.9. The fourth-order valence-electron chi connectivity index (χ4n) is 2.11. The van der Waals surface area contributed by atoms with Gasteiger partial charge in [0.05, 0.1) is 7.11 Å². The Morgan fingerprint density at radius 2 is 2.05 bits per heavy atom. The van der Waals surface area contributed by atoms with Gasteiger partial charge in [-0.2, -0.15) is 0 Å². The van der Waals surface area contributed by atoms with Gasteiger partial charge in [-0.15, -0.1) is 0 Å². The lowest BCUT2D eigenvalue weighted by molar-refractivity contribution is 0.401. The van der Waals surface area contributed by atoms with Crippen molar-refractivity contribution in [3.05, 3.63) is 22.7 Å². The molecule has 0 bridgehead atoms. The fourth-order valence-corrected chi connectivity index (χ4v) is 3.93. The van der Waals surface area contributed by atoms with Gasteiger partial charge < -0.3 is 4.74 Å². The van der Waals surface area contributed by atoms with E-state index >= 15 is 0 Å². The number of rotatable bonds is 9. The summed E-state index contributed by atoms with van der Waals surface area (Å²) in [6, 6.07) is 4.97. The number of benzene rings is 1. The predicted octanol–water partition coefficient (Wildman–Crippen LogP) is 3.95. The van der Waals surface area contributed by atoms with Crippen molar-refractivity contribution in [2.75, 3.05) is 13.7 Å². The molecule has 1 rings (SSSR count). The molecule has 0 saturated carbocycles. The summed E-state index contributed by atoms with van der Waals surface area (Å²) < 4.78 is 33.5. The van der Waals surface area contributed by atoms with E-state index in [2.05, 4.69) is 34.5 Å². The van der Waals surface area contributed by atoms with E-state index in [1.807, 2.05) is 0 Å². The number of hydrogen-bond donors (Lipinski definition) is 1. The fraction of sp³-hybridized carbons (Fsp3) is 0.600. The second kappa shape index (κ2) is 8.76. The molecule has 1 aromatic rings. The standard InChI is InChI=1S/C15H24BrNO3S/c1-4-6-7-12(5-2)11-17-21(18,19)15-10-13(16)8-9-14(15)20-3/h8-10,12,17H,4-7,11H2,1-3H3/t12-/m0/s1. The van der Waals surface area contributed by atoms with Gasteiger partial charge in [-0.3, -0.25) is 0 Å². The molecule has 0 radical (unpaired) electrons. The summed E-state index contributed by atoms with van der Waals surface area (Å²) in [5, 5.41) is 0. The van der Waals surface area contributed by atoms with Crippen molar-refractivity contribution in [3.63, 3.8) is 0 Å². The third kappa shape index (κ3) is 5.60. The topological polar surface area (TPSA) is 55.4 Å². The number of unbranched alkanes of at least 4 members (excludes halogenated alkanes) is 1. The van der Waals surface area contributed by atoms with Crippen molar-refractivity contribution in [2.24, 2.45) is 5.92 Å². The van der Waals surface area contributed by atoms with Crippen molar-refractivity contribution in [1.82, 2.24) is 4.72 Å². The maximum absolute atomic E-state index is 12.4. The number of methoxy groups -OCH3 is 1. The maximum Gasteiger partial charge on any atom is 0.244 e. The van der Waals surface area contributed by atoms with Crippen LogP contribution in [0.3, 0.4) is 0 Å². The van der Waals surface area contributed by atoms with Crippen molar-refractivity contribution in [1.29, 1.82) is 0 Å². The molecule has 21 heavy (non-hydrogen) atoms. The first-order valence-corrected chi connectivity index (χ1v) is 9.55. The van der Waals surface area contributed by atoms with Crippen LogP contribution in [0.1, 0.15) is 39.5 Å². The molecule has 0 aliphatic carbocycles. The van der Waals surface area contributed by atoms with Crippen LogP contribution in [0.4, 0.5) is 0 Å². The van der Waals surface area contributed by atoms with E-state index in [0.29, 0.717) is 22.7 Å². The summed E-state index contributed by atoms with van der Waals surface area (Å²) in [5.41, 5.74) is 0. The van der Waals surface area contributed by atoms with Crippen molar-refractivity contribution >= 4 is 26.0 Å². The number of sulfonamides is 1. The van der Waals surface area contributed by atoms with E-state index < -0.39 is 10.0 Å². The van der Waals surface area contributed by atoms with Gasteiger partial charge in [-0.05, 0) is 30.5 Å². The van der Waals surface area contributed by atoms with Gasteiger partial charge in [0.15, 0.2) is 0 Å². The van der Waals surface area contributed by atoms with Crippen LogP contribution in [0.2, 0.25) is 0 Å². The molecule has 0 fully saturated rings. The van der Waals surface area contributed by atoms with E-state index in [9.17, 15) is 8.42 Å². The van der Waals surface area contributed by atoms with E-state index in [0.717, 1.165) is 25.7 Å². The van der Waals surface area contributed by atoms with Crippen LogP contribution in [0, 0.1) is 5.92 Å². The predicted molar refractivity (Wildman–Crippen MR) is 89.2 cm³/mol. The number of nitrogens with one attached hydrogen (secondary N) is 1. The molecular weight excluding hydrogens is 354 g/mol. The molecular formula is C15H24BrNO3S. The van der Waals surface area contributed by atoms with Gasteiger partial charge in [-0.1, -0.05) is 49.0 Å². The molecule has 0 aromatic heterocycles. The van der Waals surface area contributed by atoms with Gasteiger partial charge in [0.25, 0.3) is 0 Å². The van der Waals surface area contributed by atoms with Crippen molar-refractivity contribution < 1.29 is 13.2 Å². The molecule has 120 valence electrons. The number of halogens is 1. The van der Waals surface area contributed by atoms with Gasteiger partial charge in [0.1, 0.15) is 10.6 Å². The molecule has 6 heteroatoms. The average molecular weight is 378 g/mol. The van der Waals surface area contributed by atoms with Crippen molar-refractivity contribution in [2.45, 2.75) is 44.4 Å². The van der Waals surface area contributed by atoms with E-state index in [4.69, 9.17) is 4.74 Å². The molecule has 0 amide bonds. The normalized spacial score (nSPS) is 13.1. The Kier molecular flexibility index (Phi) is 7.70. The zero-order valence-corrected chi connectivity index (χ0v) is 15.3. The minimum Gasteiger partial charge on any atom is -0.495 e. The highest BCUT2D eigenvalue weighted by molar-refractivity contribution is 9.10. The summed E-state index contributed by atoms with van der Waals surface area (Å²) >= 11 is 3.30. The molecule has 0 aliphatic rings. The van der Waals surface area contributed by atoms with Crippen molar-refractivity contribution in [3.8, 4) is 5.75 Å². The van der Waals surface area contributed by atoms with Gasteiger partial charge >= 0.3 is 0 Å². The minimum absolute atomic E-state index is 0.171. The van der Waals surface area contributed by atoms with Crippen LogP contribution in [-0.4, -0.2) is 22.1 Å². The van der Waals surface area contributed by atoms with Crippen LogP contribution in [0.5, 0.6) is 5.75 Å². The lowest BCUT2D eigenvalue weighted by Crippen LogP contribution is -2.29. The second-order valence-corrected chi connectivity index (χ2v) is 7.71. The average Bonchev–Trinajstić information content (AvgIpc) is 2.47. The minimum atomic E-state index is -3.56. The summed E-state index contributed by atoms with van der Waals surface area (Å²) in [6.07, 6.45) is 4.27. The lowest BCUT2D eigenvalue weighted by Gasteiger charge is -2.16. The molecule has 1 aromatic carbocycles. The van der Waals surface area contributed by atoms with Crippen LogP contribution in [0.25, 0.3) is 0 Å². The third-order valence-electron chi connectivity index (χ3n) is 3.52. The Morgan fingerprint density at radius 1 is 1.33 bits per heavy atom. The van der Waals surface area contributed by atoms with Gasteiger partial charge in [0.2, 0.25) is 10.0 Å². The van der Waals surface area contributed by atoms with Gasteiger partial charge in [0, 0.05) is 11.0 Å². The van der Waals surface area contributed by atoms with E-state index in [1.54, 1.807) is 18.2 Å². The van der Waals surface area contributed by atoms with Crippen LogP contribution in [-0.2, 0) is 10.0 Å². The molecule has 4 nitrogen and oxygen atoms in total. The highest BCUT2D eigenvalue weighted by Crippen LogP contribution is 2.27. The third-order valence-corrected chi connectivity index (χ3v) is 5.46. The van der Waals surface area contributed by atoms with Crippen LogP contribution in [0.15, 0.2) is 27.6 Å². The molecule has 0 spiro atoms. The highest BCUT2D eigenvalue weighted by Gasteiger charge is 2.21. The summed E-state index contributed by atoms with van der Waals surface area (Å²) in [7, 11) is -2.09. The SMILES string of the molecule is CCCC[C@H](CC)CNS(=O)(=O)c1cc(Br)ccc1OC. The molecule has 1 N–H and O–H groups in total. The van der Waals surface area contributed by atoms with E-state index in [-0.39, 0.29) is 4.90 Å². The summed E-state index contributed by atoms with van der Waals surface area (Å²) in [4.78, 5) is 0.171. The Hall–Kier alpha value is -0.590. The Bertz CT molecular complexity index is 546. The first kappa shape index (κ1) is 18.5. The Labute approximate surface area is 136 Å². The molecule has 0 aliphatic heterocycles. The van der Waals surface area contributed by atoms with Gasteiger partial charge in [-0.25, -0.2) is 13.1 Å². The van der Waals surface area contributed by atoms with Crippen LogP contribution < -0.4 is 9.46 Å². The molecule has 0 heterocycles. The molecule has 0 saturated heterocycles. The lowest BCUT2D eigenvalue weighted by atomic mass is 10.00. The Morgan fingerprint density at radius 3 is 2.62 bits per heavy atom. The first-order chi connectivity index (χ1) is 9.94. The van der Waals surface area contributed by atoms with Crippen LogP contribution >= 0.6 is 15.9 Å². The maximum atomic E-state index is 12.4. The number of hydrogen-bond acceptors (Lipinski definition) is 3. The molecule has 0 unspecified atom stereocenters. The quantitative estimate of drug-likeness (QED) is 0.708. The summed E-state index contributed by atoms with van der Waals surface area (Å²) in [6.45, 7) is 4.70. The number of ether oxygens (including phenoxy) is 1. The zero-order chi connectivity index (χ0) is 15.9. The highest BCUT2D eigenvalue weighted by atomic mass is 79.9. The monoisotopic (exact) mass is 377 g/mol. The first-order valence-electron chi connectivity index (χ1n) is 7.27.